The summed E-state index contributed by atoms with van der Waals surface area (Å²) >= 11 is 0. The molecule has 0 amide bonds. The highest BCUT2D eigenvalue weighted by Crippen LogP contribution is 2.44. The van der Waals surface area contributed by atoms with Crippen LogP contribution in [0.2, 0.25) is 0 Å². The minimum atomic E-state index is -0.127. The lowest BCUT2D eigenvalue weighted by Gasteiger charge is -2.28. The van der Waals surface area contributed by atoms with Crippen molar-refractivity contribution >= 4 is 60.5 Å². The molecule has 10 aromatic rings. The molecule has 9 aromatic carbocycles. The summed E-state index contributed by atoms with van der Waals surface area (Å²) in [7, 11) is 0. The van der Waals surface area contributed by atoms with Gasteiger partial charge in [0.15, 0.2) is 0 Å². The molecule has 0 aliphatic heterocycles. The first-order chi connectivity index (χ1) is 27.5. The summed E-state index contributed by atoms with van der Waals surface area (Å²) in [6.45, 7) is 0. The Balaban J connectivity index is 1.20. The van der Waals surface area contributed by atoms with E-state index in [4.69, 9.17) is 4.42 Å². The van der Waals surface area contributed by atoms with E-state index in [1.165, 1.54) is 0 Å². The fourth-order valence-electron chi connectivity index (χ4n) is 7.51. The van der Waals surface area contributed by atoms with Gasteiger partial charge in [0.1, 0.15) is 11.2 Å². The Hall–Kier alpha value is -6.90. The molecule has 0 bridgehead atoms. The third-order valence-electron chi connectivity index (χ3n) is 9.96. The van der Waals surface area contributed by atoms with Crippen molar-refractivity contribution in [2.45, 2.75) is 0 Å². The molecule has 1 heterocycles. The maximum absolute atomic E-state index is 9.64. The van der Waals surface area contributed by atoms with Crippen molar-refractivity contribution in [2.75, 3.05) is 4.90 Å². The maximum Gasteiger partial charge on any atom is 0.143 e. The van der Waals surface area contributed by atoms with Crippen LogP contribution in [0.1, 0.15) is 5.48 Å². The van der Waals surface area contributed by atoms with Crippen LogP contribution < -0.4 is 4.90 Å². The van der Waals surface area contributed by atoms with Gasteiger partial charge in [0, 0.05) is 33.3 Å². The van der Waals surface area contributed by atoms with Gasteiger partial charge in [-0.15, -0.1) is 0 Å². The summed E-state index contributed by atoms with van der Waals surface area (Å²) in [5.74, 6) is 0. The predicted octanol–water partition coefficient (Wildman–Crippen LogP) is 14.4. The first-order valence-electron chi connectivity index (χ1n) is 19.4. The molecule has 10 rings (SSSR count). The van der Waals surface area contributed by atoms with E-state index in [0.717, 1.165) is 71.4 Å². The van der Waals surface area contributed by atoms with Gasteiger partial charge in [-0.1, -0.05) is 164 Å². The van der Waals surface area contributed by atoms with Crippen molar-refractivity contribution in [3.05, 3.63) is 200 Å². The number of furan rings is 1. The number of benzene rings is 9. The van der Waals surface area contributed by atoms with Crippen LogP contribution in [0.4, 0.5) is 17.1 Å². The van der Waals surface area contributed by atoms with Crippen molar-refractivity contribution in [3.8, 4) is 33.4 Å². The minimum absolute atomic E-state index is 0.0989. The fourth-order valence-corrected chi connectivity index (χ4v) is 7.51. The van der Waals surface area contributed by atoms with Gasteiger partial charge in [-0.2, -0.15) is 0 Å². The van der Waals surface area contributed by atoms with E-state index in [2.05, 4.69) is 48.5 Å². The van der Waals surface area contributed by atoms with Gasteiger partial charge in [-0.3, -0.25) is 0 Å². The molecular formula is C50H33NO. The Labute approximate surface area is 308 Å². The number of fused-ring (bicyclic) bond motifs is 5. The van der Waals surface area contributed by atoms with Gasteiger partial charge < -0.3 is 9.32 Å². The molecule has 0 aliphatic carbocycles. The molecule has 0 N–H and O–H groups in total. The van der Waals surface area contributed by atoms with E-state index in [9.17, 15) is 5.48 Å². The molecule has 1 aromatic heterocycles. The normalized spacial score (nSPS) is 12.5. The second-order valence-corrected chi connectivity index (χ2v) is 13.0. The molecular weight excluding hydrogens is 631 g/mol. The molecule has 0 saturated heterocycles. The lowest BCUT2D eigenvalue weighted by atomic mass is 9.95. The average molecular weight is 668 g/mol. The quantitative estimate of drug-likeness (QED) is 0.175. The Kier molecular flexibility index (Phi) is 6.22. The zero-order valence-corrected chi connectivity index (χ0v) is 28.1. The monoisotopic (exact) mass is 667 g/mol. The molecule has 0 aliphatic rings. The van der Waals surface area contributed by atoms with Crippen LogP contribution >= 0.6 is 0 Å². The molecule has 0 fully saturated rings. The lowest BCUT2D eigenvalue weighted by Crippen LogP contribution is -2.11. The van der Waals surface area contributed by atoms with Crippen molar-refractivity contribution < 1.29 is 9.90 Å². The molecule has 0 spiro atoms. The fraction of sp³-hybridized carbons (Fsp3) is 0. The van der Waals surface area contributed by atoms with Crippen molar-refractivity contribution in [1.82, 2.24) is 0 Å². The predicted molar refractivity (Wildman–Crippen MR) is 220 cm³/mol. The molecule has 0 atom stereocenters. The number of nitrogens with zero attached hydrogens (tertiary/aromatic N) is 1. The molecule has 0 saturated carbocycles. The first-order valence-corrected chi connectivity index (χ1v) is 17.4. The first kappa shape index (κ1) is 26.0. The number of hydrogen-bond acceptors (Lipinski definition) is 2. The van der Waals surface area contributed by atoms with Crippen LogP contribution in [0.5, 0.6) is 0 Å². The van der Waals surface area contributed by atoms with Crippen molar-refractivity contribution in [1.29, 1.82) is 0 Å². The standard InChI is InChI=1S/C50H33NO/c1-3-16-40-34(12-1)14-9-20-41(40)36-26-30-38(31-27-36)51(48-24-7-5-18-45(48)44-22-10-15-35-13-2-4-17-42(35)44)39-32-28-37(29-33-39)43-21-11-23-47-46-19-6-8-25-49(46)52-50(43)47/h1-33H/i26D,27D,30D,31D. The number of rotatable bonds is 6. The summed E-state index contributed by atoms with van der Waals surface area (Å²) in [6, 6.07) is 57.9. The summed E-state index contributed by atoms with van der Waals surface area (Å²) < 4.78 is 44.6. The lowest BCUT2D eigenvalue weighted by molar-refractivity contribution is 0.670. The van der Waals surface area contributed by atoms with Gasteiger partial charge in [0.2, 0.25) is 0 Å². The van der Waals surface area contributed by atoms with E-state index in [-0.39, 0.29) is 35.4 Å². The molecule has 2 nitrogen and oxygen atoms in total. The van der Waals surface area contributed by atoms with Crippen LogP contribution in [0.3, 0.4) is 0 Å². The van der Waals surface area contributed by atoms with Gasteiger partial charge in [-0.25, -0.2) is 0 Å². The van der Waals surface area contributed by atoms with Gasteiger partial charge >= 0.3 is 0 Å². The molecule has 52 heavy (non-hydrogen) atoms. The van der Waals surface area contributed by atoms with E-state index in [1.54, 1.807) is 0 Å². The van der Waals surface area contributed by atoms with Crippen molar-refractivity contribution in [3.63, 3.8) is 0 Å². The zero-order chi connectivity index (χ0) is 37.9. The topological polar surface area (TPSA) is 16.4 Å². The van der Waals surface area contributed by atoms with Crippen molar-refractivity contribution in [2.24, 2.45) is 0 Å². The summed E-state index contributed by atoms with van der Waals surface area (Å²) in [4.78, 5) is 1.89. The average Bonchev–Trinajstić information content (AvgIpc) is 3.64. The molecule has 2 heteroatoms. The van der Waals surface area contributed by atoms with E-state index >= 15 is 0 Å². The molecule has 0 unspecified atom stereocenters. The smallest absolute Gasteiger partial charge is 0.143 e. The van der Waals surface area contributed by atoms with Gasteiger partial charge in [-0.05, 0) is 80.1 Å². The van der Waals surface area contributed by atoms with Crippen LogP contribution in [0.25, 0.3) is 76.9 Å². The SMILES string of the molecule is [2H]c1c([2H])c(N(c2ccc(-c3cccc4c3oc3ccccc34)cc2)c2ccccc2-c2cccc3ccccc23)c([2H])c([2H])c1-c1cccc2ccccc12. The maximum atomic E-state index is 9.64. The minimum Gasteiger partial charge on any atom is -0.455 e. The highest BCUT2D eigenvalue weighted by atomic mass is 16.3. The largest absolute Gasteiger partial charge is 0.455 e. The van der Waals surface area contributed by atoms with Crippen LogP contribution in [0, 0.1) is 0 Å². The Bertz CT molecular complexity index is 3110. The molecule has 0 radical (unpaired) electrons. The van der Waals surface area contributed by atoms with Crippen LogP contribution in [0.15, 0.2) is 205 Å². The number of para-hydroxylation sites is 3. The second kappa shape index (κ2) is 12.5. The van der Waals surface area contributed by atoms with Gasteiger partial charge in [0.25, 0.3) is 0 Å². The second-order valence-electron chi connectivity index (χ2n) is 13.0. The molecule has 244 valence electrons. The third kappa shape index (κ3) is 5.04. The van der Waals surface area contributed by atoms with E-state index in [0.29, 0.717) is 11.3 Å². The highest BCUT2D eigenvalue weighted by molar-refractivity contribution is 6.09. The Morgan fingerprint density at radius 2 is 0.904 bits per heavy atom. The van der Waals surface area contributed by atoms with Crippen LogP contribution in [-0.2, 0) is 0 Å². The zero-order valence-electron chi connectivity index (χ0n) is 32.1. The summed E-state index contributed by atoms with van der Waals surface area (Å²) in [6.07, 6.45) is 0. The highest BCUT2D eigenvalue weighted by Gasteiger charge is 2.19. The Morgan fingerprint density at radius 1 is 0.365 bits per heavy atom. The van der Waals surface area contributed by atoms with Crippen LogP contribution in [-0.4, -0.2) is 0 Å². The number of hydrogen-bond donors (Lipinski definition) is 0. The van der Waals surface area contributed by atoms with Gasteiger partial charge in [0.05, 0.1) is 11.2 Å². The Morgan fingerprint density at radius 3 is 1.67 bits per heavy atom. The van der Waals surface area contributed by atoms with E-state index < -0.39 is 0 Å². The third-order valence-corrected chi connectivity index (χ3v) is 9.96. The summed E-state index contributed by atoms with van der Waals surface area (Å²) in [5.41, 5.74) is 7.98. The van der Waals surface area contributed by atoms with E-state index in [1.807, 2.05) is 132 Å². The summed E-state index contributed by atoms with van der Waals surface area (Å²) in [5, 5.41) is 6.11. The number of anilines is 3.